The van der Waals surface area contributed by atoms with Crippen LogP contribution in [-0.2, 0) is 0 Å². The predicted molar refractivity (Wildman–Crippen MR) is 45.1 cm³/mol. The molecule has 0 saturated heterocycles. The Morgan fingerprint density at radius 1 is 0.923 bits per heavy atom. The second-order valence-electron chi connectivity index (χ2n) is 1.51. The van der Waals surface area contributed by atoms with E-state index in [1.807, 2.05) is 19.1 Å². The Morgan fingerprint density at radius 2 is 1.23 bits per heavy atom. The summed E-state index contributed by atoms with van der Waals surface area (Å²) in [5.74, 6) is 0. The van der Waals surface area contributed by atoms with Gasteiger partial charge in [-0.2, -0.15) is 0 Å². The normalized spacial score (nSPS) is 5.62. The molecule has 0 aliphatic carbocycles. The van der Waals surface area contributed by atoms with Crippen molar-refractivity contribution in [2.75, 3.05) is 14.2 Å². The van der Waals surface area contributed by atoms with Gasteiger partial charge < -0.3 is 28.4 Å². The number of hydrogen-bond acceptors (Lipinski definition) is 2. The molecular weight excluding hydrogens is 674 g/mol. The van der Waals surface area contributed by atoms with Crippen molar-refractivity contribution in [1.82, 2.24) is 0 Å². The van der Waals surface area contributed by atoms with Gasteiger partial charge in [0, 0.05) is 14.2 Å². The summed E-state index contributed by atoms with van der Waals surface area (Å²) in [4.78, 5) is 0. The zero-order chi connectivity index (χ0) is 9.11. The summed E-state index contributed by atoms with van der Waals surface area (Å²) in [5.41, 5.74) is 1.21. The van der Waals surface area contributed by atoms with E-state index in [9.17, 15) is 0 Å². The minimum Gasteiger partial charge on any atom is -0.400 e. The van der Waals surface area contributed by atoms with E-state index in [1.165, 1.54) is 5.56 Å². The fourth-order valence-electron chi connectivity index (χ4n) is 0.436. The molecule has 1 aromatic rings. The largest absolute Gasteiger partial charge is 0.400 e. The van der Waals surface area contributed by atoms with Crippen LogP contribution in [0.4, 0.5) is 0 Å². The van der Waals surface area contributed by atoms with Crippen molar-refractivity contribution < 1.29 is 10.2 Å². The van der Waals surface area contributed by atoms with Gasteiger partial charge in [-0.25, -0.2) is 0 Å². The maximum atomic E-state index is 7.00. The van der Waals surface area contributed by atoms with E-state index >= 15 is 0 Å². The van der Waals surface area contributed by atoms with Crippen molar-refractivity contribution >= 4 is 0 Å². The average Bonchev–Trinajstić information content (AvgIpc) is 2.13. The molecule has 0 saturated carbocycles. The number of benzene rings is 1. The van der Waals surface area contributed by atoms with Gasteiger partial charge in [-0.05, 0) is 0 Å². The molecule has 1 rings (SSSR count). The van der Waals surface area contributed by atoms with E-state index in [-0.39, 0.29) is 0 Å². The molecule has 0 fully saturated rings. The number of hydrogen-bond donors (Lipinski definition) is 2. The van der Waals surface area contributed by atoms with E-state index in [0.717, 1.165) is 14.2 Å². The third-order valence-corrected chi connectivity index (χ3v) is 0.789. The molecule has 0 amide bonds. The second-order valence-corrected chi connectivity index (χ2v) is 1.51. The molecule has 0 radical (unpaired) electrons. The van der Waals surface area contributed by atoms with Crippen LogP contribution >= 0.6 is 0 Å². The predicted octanol–water partition coefficient (Wildman–Crippen LogP) is 0.812. The Labute approximate surface area is 68.1 Å². The van der Waals surface area contributed by atoms with Gasteiger partial charge in [-0.15, -0.1) is 6.92 Å². The van der Waals surface area contributed by atoms with Gasteiger partial charge in [0.25, 0.3) is 0 Å². The summed E-state index contributed by atoms with van der Waals surface area (Å²) >= 11 is 0. The summed E-state index contributed by atoms with van der Waals surface area (Å²) in [6.45, 7) is 2.02. The van der Waals surface area contributed by atoms with Crippen LogP contribution in [0.2, 0.25) is 0 Å². The van der Waals surface area contributed by atoms with Gasteiger partial charge in [0.2, 0.25) is 0 Å². The SMILES string of the molecule is CO.CO.Cc1c[c-]c[c-]c1.[Rf].[Rf]. The zero-order valence-electron chi connectivity index (χ0n) is 8.54. The molecule has 0 atom stereocenters. The minimum atomic E-state index is 0. The van der Waals surface area contributed by atoms with Crippen LogP contribution in [0.15, 0.2) is 18.2 Å². The van der Waals surface area contributed by atoms with Gasteiger partial charge in [0.05, 0.1) is 0 Å². The molecule has 4 heteroatoms. The van der Waals surface area contributed by atoms with Crippen molar-refractivity contribution in [2.45, 2.75) is 6.92 Å². The molecule has 0 unspecified atom stereocenters. The van der Waals surface area contributed by atoms with Crippen molar-refractivity contribution in [3.05, 3.63) is 35.9 Å². The molecule has 0 heterocycles. The smallest absolute Gasteiger partial charge is 0.0319 e. The van der Waals surface area contributed by atoms with Crippen LogP contribution < -0.4 is 0 Å². The second kappa shape index (κ2) is 22.9. The van der Waals surface area contributed by atoms with Crippen molar-refractivity contribution in [1.29, 1.82) is 0 Å². The summed E-state index contributed by atoms with van der Waals surface area (Å²) in [6.07, 6.45) is 0. The third-order valence-electron chi connectivity index (χ3n) is 0.789. The average molecular weight is 688 g/mol. The molecule has 2 N–H and O–H groups in total. The molecular formula is C9H14O2Rf2-2. The molecule has 0 aliphatic heterocycles. The summed E-state index contributed by atoms with van der Waals surface area (Å²) in [6, 6.07) is 11.4. The number of aliphatic hydroxyl groups excluding tert-OH is 2. The Hall–Kier alpha value is -2.86. The standard InChI is InChI=1S/C7H6.2CH4O.2Rf/c1-7-5-3-2-4-6-7;2*1-2;;/h2,5-6H,1H3;2*2H,1H3;;/q-2;;;;. The van der Waals surface area contributed by atoms with Gasteiger partial charge in [-0.3, -0.25) is 17.7 Å². The first-order chi connectivity index (χ1) is 5.39. The number of rotatable bonds is 0. The van der Waals surface area contributed by atoms with E-state index in [1.54, 1.807) is 6.07 Å². The molecule has 0 bridgehead atoms. The topological polar surface area (TPSA) is 40.5 Å². The number of aliphatic hydroxyl groups is 2. The number of aryl methyl sites for hydroxylation is 1. The molecule has 68 valence electrons. The van der Waals surface area contributed by atoms with E-state index in [2.05, 4.69) is 12.1 Å². The fourth-order valence-corrected chi connectivity index (χ4v) is 0.436. The Morgan fingerprint density at radius 3 is 1.38 bits per heavy atom. The molecule has 0 spiro atoms. The van der Waals surface area contributed by atoms with Crippen LogP contribution in [0.3, 0.4) is 0 Å². The van der Waals surface area contributed by atoms with Gasteiger partial charge in [-0.1, -0.05) is 0 Å². The van der Waals surface area contributed by atoms with Crippen molar-refractivity contribution in [3.8, 4) is 0 Å². The molecule has 1 aromatic carbocycles. The summed E-state index contributed by atoms with van der Waals surface area (Å²) in [7, 11) is 2.00. The summed E-state index contributed by atoms with van der Waals surface area (Å²) in [5, 5.41) is 14.0. The molecule has 13 heavy (non-hydrogen) atoms. The first-order valence-corrected chi connectivity index (χ1v) is 3.13. The van der Waals surface area contributed by atoms with Gasteiger partial charge in [0.15, 0.2) is 0 Å². The summed E-state index contributed by atoms with van der Waals surface area (Å²) < 4.78 is 0. The Balaban J connectivity index is -0.0000000607. The van der Waals surface area contributed by atoms with Crippen molar-refractivity contribution in [3.63, 3.8) is 0 Å². The third kappa shape index (κ3) is 17.6. The maximum Gasteiger partial charge on any atom is 0.0319 e. The monoisotopic (exact) mass is 688 g/mol. The first-order valence-electron chi connectivity index (χ1n) is 3.13. The zero-order valence-corrected chi connectivity index (χ0v) is 21.3. The van der Waals surface area contributed by atoms with Crippen LogP contribution in [0.5, 0.6) is 0 Å². The fraction of sp³-hybridized carbons (Fsp3) is 0.333. The van der Waals surface area contributed by atoms with E-state index in [0.29, 0.717) is 0 Å². The van der Waals surface area contributed by atoms with Gasteiger partial charge in [0.1, 0.15) is 0 Å². The maximum absolute atomic E-state index is 7.00. The Kier molecular flexibility index (Phi) is 39.6. The van der Waals surface area contributed by atoms with Crippen LogP contribution in [0, 0.1) is 19.1 Å². The van der Waals surface area contributed by atoms with Gasteiger partial charge >= 0.3 is 0 Å². The molecule has 0 aliphatic rings. The minimum absolute atomic E-state index is 0. The first kappa shape index (κ1) is 22.5. The Bertz CT molecular complexity index is 146. The quantitative estimate of drug-likeness (QED) is 0.397. The molecule has 2 nitrogen and oxygen atoms in total. The van der Waals surface area contributed by atoms with Crippen LogP contribution in [0.1, 0.15) is 5.56 Å². The van der Waals surface area contributed by atoms with Crippen LogP contribution in [0.25, 0.3) is 0 Å². The van der Waals surface area contributed by atoms with Crippen molar-refractivity contribution in [2.24, 2.45) is 0 Å². The van der Waals surface area contributed by atoms with Crippen LogP contribution in [-0.4, -0.2) is 24.4 Å². The van der Waals surface area contributed by atoms with E-state index in [4.69, 9.17) is 10.2 Å². The van der Waals surface area contributed by atoms with E-state index < -0.39 is 0 Å². The molecule has 0 aromatic heterocycles.